The highest BCUT2D eigenvalue weighted by Gasteiger charge is 2.07. The van der Waals surface area contributed by atoms with E-state index in [1.54, 1.807) is 18.3 Å². The van der Waals surface area contributed by atoms with Crippen LogP contribution in [-0.2, 0) is 6.54 Å². The Bertz CT molecular complexity index is 824. The van der Waals surface area contributed by atoms with Crippen LogP contribution in [0.5, 0.6) is 0 Å². The van der Waals surface area contributed by atoms with E-state index in [2.05, 4.69) is 25.6 Å². The molecule has 0 radical (unpaired) electrons. The summed E-state index contributed by atoms with van der Waals surface area (Å²) in [5.74, 6) is -0.370. The second kappa shape index (κ2) is 7.28. The molecular weight excluding hydrogens is 309 g/mol. The zero-order chi connectivity index (χ0) is 16.8. The highest BCUT2D eigenvalue weighted by Crippen LogP contribution is 2.13. The first kappa shape index (κ1) is 15.5. The maximum atomic E-state index is 13.1. The smallest absolute Gasteiger partial charge is 0.254 e. The molecule has 0 atom stereocenters. The molecule has 7 heteroatoms. The Morgan fingerprint density at radius 3 is 2.58 bits per heavy atom. The molecule has 0 spiro atoms. The van der Waals surface area contributed by atoms with Gasteiger partial charge in [0.2, 0.25) is 5.95 Å². The second-order valence-corrected chi connectivity index (χ2v) is 4.93. The Morgan fingerprint density at radius 1 is 1.04 bits per heavy atom. The molecule has 0 saturated heterocycles. The van der Waals surface area contributed by atoms with Crippen molar-refractivity contribution in [2.75, 3.05) is 5.32 Å². The van der Waals surface area contributed by atoms with Crippen molar-refractivity contribution in [2.45, 2.75) is 6.54 Å². The summed E-state index contributed by atoms with van der Waals surface area (Å²) in [6.07, 6.45) is 4.47. The Kier molecular flexibility index (Phi) is 4.71. The number of pyridine rings is 1. The van der Waals surface area contributed by atoms with Crippen molar-refractivity contribution in [1.29, 1.82) is 0 Å². The molecule has 1 aromatic carbocycles. The number of halogens is 1. The van der Waals surface area contributed by atoms with Gasteiger partial charge in [0.15, 0.2) is 0 Å². The third-order valence-electron chi connectivity index (χ3n) is 3.15. The van der Waals surface area contributed by atoms with Gasteiger partial charge in [0.25, 0.3) is 5.91 Å². The number of amides is 1. The number of carbonyl (C=O) groups is 1. The lowest BCUT2D eigenvalue weighted by molar-refractivity contribution is 0.0949. The van der Waals surface area contributed by atoms with Crippen LogP contribution in [0.1, 0.15) is 16.1 Å². The molecule has 0 aliphatic carbocycles. The summed E-state index contributed by atoms with van der Waals surface area (Å²) in [5.41, 5.74) is 1.62. The predicted octanol–water partition coefficient (Wildman–Crippen LogP) is 2.68. The van der Waals surface area contributed by atoms with Crippen molar-refractivity contribution < 1.29 is 9.18 Å². The molecule has 2 heterocycles. The van der Waals surface area contributed by atoms with Gasteiger partial charge in [0.1, 0.15) is 5.82 Å². The van der Waals surface area contributed by atoms with E-state index in [4.69, 9.17) is 0 Å². The lowest BCUT2D eigenvalue weighted by Crippen LogP contribution is -2.23. The first-order chi connectivity index (χ1) is 11.7. The van der Waals surface area contributed by atoms with Gasteiger partial charge in [-0.2, -0.15) is 0 Å². The first-order valence-electron chi connectivity index (χ1n) is 7.23. The maximum absolute atomic E-state index is 13.1. The maximum Gasteiger partial charge on any atom is 0.254 e. The highest BCUT2D eigenvalue weighted by molar-refractivity contribution is 5.93. The minimum Gasteiger partial charge on any atom is -0.346 e. The van der Waals surface area contributed by atoms with E-state index in [0.717, 1.165) is 5.69 Å². The third-order valence-corrected chi connectivity index (χ3v) is 3.15. The molecule has 0 bridgehead atoms. The molecular formula is C17H14FN5O. The topological polar surface area (TPSA) is 79.8 Å². The lowest BCUT2D eigenvalue weighted by atomic mass is 10.3. The van der Waals surface area contributed by atoms with E-state index in [1.807, 2.05) is 18.2 Å². The van der Waals surface area contributed by atoms with Gasteiger partial charge in [-0.3, -0.25) is 9.78 Å². The molecule has 0 aliphatic rings. The minimum absolute atomic E-state index is 0.280. The molecule has 0 unspecified atom stereocenters. The molecule has 1 amide bonds. The number of nitrogens with zero attached hydrogens (tertiary/aromatic N) is 3. The van der Waals surface area contributed by atoms with Crippen LogP contribution in [0.3, 0.4) is 0 Å². The molecule has 6 nitrogen and oxygen atoms in total. The fourth-order valence-corrected chi connectivity index (χ4v) is 1.98. The van der Waals surface area contributed by atoms with Crippen LogP contribution in [-0.4, -0.2) is 20.9 Å². The van der Waals surface area contributed by atoms with Gasteiger partial charge in [0, 0.05) is 24.3 Å². The summed E-state index contributed by atoms with van der Waals surface area (Å²) in [4.78, 5) is 24.3. The van der Waals surface area contributed by atoms with E-state index >= 15 is 0 Å². The zero-order valence-corrected chi connectivity index (χ0v) is 12.6. The van der Waals surface area contributed by atoms with Crippen molar-refractivity contribution in [2.24, 2.45) is 0 Å². The summed E-state index contributed by atoms with van der Waals surface area (Å²) < 4.78 is 13.1. The number of nitrogens with one attached hydrogen (secondary N) is 2. The molecule has 24 heavy (non-hydrogen) atoms. The van der Waals surface area contributed by atoms with Crippen LogP contribution in [0, 0.1) is 5.82 Å². The largest absolute Gasteiger partial charge is 0.346 e. The predicted molar refractivity (Wildman–Crippen MR) is 87.1 cm³/mol. The van der Waals surface area contributed by atoms with Crippen LogP contribution in [0.4, 0.5) is 16.0 Å². The molecule has 3 aromatic rings. The van der Waals surface area contributed by atoms with E-state index in [0.29, 0.717) is 17.8 Å². The number of carbonyl (C=O) groups excluding carboxylic acids is 1. The quantitative estimate of drug-likeness (QED) is 0.754. The van der Waals surface area contributed by atoms with Gasteiger partial charge in [-0.25, -0.2) is 14.4 Å². The van der Waals surface area contributed by atoms with Gasteiger partial charge in [-0.15, -0.1) is 0 Å². The summed E-state index contributed by atoms with van der Waals surface area (Å²) >= 11 is 0. The van der Waals surface area contributed by atoms with Gasteiger partial charge in [-0.1, -0.05) is 12.1 Å². The van der Waals surface area contributed by atoms with Crippen LogP contribution >= 0.6 is 0 Å². The Balaban J connectivity index is 1.60. The second-order valence-electron chi connectivity index (χ2n) is 4.93. The van der Waals surface area contributed by atoms with Crippen molar-refractivity contribution >= 4 is 17.5 Å². The van der Waals surface area contributed by atoms with Crippen molar-refractivity contribution in [3.05, 3.63) is 78.1 Å². The third kappa shape index (κ3) is 4.10. The zero-order valence-electron chi connectivity index (χ0n) is 12.6. The summed E-state index contributed by atoms with van der Waals surface area (Å²) in [6.45, 7) is 0.322. The Morgan fingerprint density at radius 2 is 1.88 bits per heavy atom. The van der Waals surface area contributed by atoms with Crippen LogP contribution < -0.4 is 10.6 Å². The van der Waals surface area contributed by atoms with Crippen LogP contribution in [0.25, 0.3) is 0 Å². The van der Waals surface area contributed by atoms with Crippen molar-refractivity contribution in [1.82, 2.24) is 20.3 Å². The van der Waals surface area contributed by atoms with Crippen molar-refractivity contribution in [3.8, 4) is 0 Å². The Labute approximate surface area is 137 Å². The minimum atomic E-state index is -0.356. The van der Waals surface area contributed by atoms with Crippen LogP contribution in [0.15, 0.2) is 61.1 Å². The molecule has 2 aromatic heterocycles. The number of hydrogen-bond donors (Lipinski definition) is 2. The Hall–Kier alpha value is -3.35. The standard InChI is InChI=1S/C17H14FN5O/c18-13-4-3-6-14(8-13)23-17-21-9-12(10-22-17)16(24)20-11-15-5-1-2-7-19-15/h1-10H,11H2,(H,20,24)(H,21,22,23). The molecule has 0 fully saturated rings. The lowest BCUT2D eigenvalue weighted by Gasteiger charge is -2.06. The van der Waals surface area contributed by atoms with E-state index in [-0.39, 0.29) is 17.7 Å². The molecule has 120 valence electrons. The van der Waals surface area contributed by atoms with Crippen molar-refractivity contribution in [3.63, 3.8) is 0 Å². The fourth-order valence-electron chi connectivity index (χ4n) is 1.98. The van der Waals surface area contributed by atoms with Crippen LogP contribution in [0.2, 0.25) is 0 Å². The molecule has 0 saturated carbocycles. The summed E-state index contributed by atoms with van der Waals surface area (Å²) in [7, 11) is 0. The highest BCUT2D eigenvalue weighted by atomic mass is 19.1. The number of anilines is 2. The number of hydrogen-bond acceptors (Lipinski definition) is 5. The summed E-state index contributed by atoms with van der Waals surface area (Å²) in [5, 5.41) is 5.61. The summed E-state index contributed by atoms with van der Waals surface area (Å²) in [6, 6.07) is 11.4. The van der Waals surface area contributed by atoms with E-state index in [1.165, 1.54) is 24.5 Å². The fraction of sp³-hybridized carbons (Fsp3) is 0.0588. The number of aromatic nitrogens is 3. The monoisotopic (exact) mass is 323 g/mol. The van der Waals surface area contributed by atoms with Gasteiger partial charge >= 0.3 is 0 Å². The first-order valence-corrected chi connectivity index (χ1v) is 7.23. The molecule has 0 aliphatic heterocycles. The molecule has 2 N–H and O–H groups in total. The van der Waals surface area contributed by atoms with Gasteiger partial charge < -0.3 is 10.6 Å². The van der Waals surface area contributed by atoms with Gasteiger partial charge in [0.05, 0.1) is 17.8 Å². The van der Waals surface area contributed by atoms with E-state index in [9.17, 15) is 9.18 Å². The average Bonchev–Trinajstić information content (AvgIpc) is 2.61. The van der Waals surface area contributed by atoms with E-state index < -0.39 is 0 Å². The van der Waals surface area contributed by atoms with Gasteiger partial charge in [-0.05, 0) is 30.3 Å². The normalized spacial score (nSPS) is 10.2. The SMILES string of the molecule is O=C(NCc1ccccn1)c1cnc(Nc2cccc(F)c2)nc1. The molecule has 3 rings (SSSR count). The number of rotatable bonds is 5. The number of benzene rings is 1. The average molecular weight is 323 g/mol.